The molecule has 1 aliphatic rings. The van der Waals surface area contributed by atoms with Crippen LogP contribution in [0, 0.1) is 11.3 Å². The number of benzene rings is 1. The number of hydrogen-bond acceptors (Lipinski definition) is 5. The predicted molar refractivity (Wildman–Crippen MR) is 87.9 cm³/mol. The highest BCUT2D eigenvalue weighted by atomic mass is 32.1. The zero-order valence-corrected chi connectivity index (χ0v) is 13.4. The van der Waals surface area contributed by atoms with Gasteiger partial charge in [-0.1, -0.05) is 0 Å². The van der Waals surface area contributed by atoms with Crippen molar-refractivity contribution < 1.29 is 9.47 Å². The van der Waals surface area contributed by atoms with Crippen molar-refractivity contribution in [3.63, 3.8) is 0 Å². The molecule has 3 rings (SSSR count). The number of nitriles is 1. The Balaban J connectivity index is 1.97. The molecule has 0 aliphatic heterocycles. The molecule has 22 heavy (non-hydrogen) atoms. The number of hydrogen-bond donors (Lipinski definition) is 0. The van der Waals surface area contributed by atoms with Crippen LogP contribution in [0.2, 0.25) is 0 Å². The minimum absolute atomic E-state index is 0.729. The first-order chi connectivity index (χ1) is 10.8. The van der Waals surface area contributed by atoms with E-state index < -0.39 is 0 Å². The fourth-order valence-corrected chi connectivity index (χ4v) is 3.85. The standard InChI is InChI=1S/C17H16N2O2S/c1-20-12-6-7-15(21-2)11(8-12)10-19-17-14(9-18)13-4-3-5-16(13)22-17/h6-8,10H,3-5H2,1-2H3/b19-10-. The SMILES string of the molecule is COc1ccc(OC)c(/C=N\c2sc3c(c2C#N)CCC3)c1. The van der Waals surface area contributed by atoms with Gasteiger partial charge in [0.2, 0.25) is 0 Å². The molecule has 0 N–H and O–H groups in total. The molecule has 0 radical (unpaired) electrons. The Hall–Kier alpha value is -2.32. The first kappa shape index (κ1) is 14.6. The van der Waals surface area contributed by atoms with Crippen LogP contribution in [0.1, 0.15) is 28.0 Å². The van der Waals surface area contributed by atoms with Gasteiger partial charge in [-0.05, 0) is 43.0 Å². The molecule has 112 valence electrons. The number of methoxy groups -OCH3 is 2. The van der Waals surface area contributed by atoms with Crippen molar-refractivity contribution in [3.8, 4) is 17.6 Å². The maximum atomic E-state index is 9.39. The highest BCUT2D eigenvalue weighted by Gasteiger charge is 2.21. The van der Waals surface area contributed by atoms with E-state index in [1.807, 2.05) is 18.2 Å². The lowest BCUT2D eigenvalue weighted by atomic mass is 10.1. The summed E-state index contributed by atoms with van der Waals surface area (Å²) in [5.74, 6) is 1.48. The number of thiophene rings is 1. The van der Waals surface area contributed by atoms with E-state index in [0.29, 0.717) is 0 Å². The van der Waals surface area contributed by atoms with Crippen molar-refractivity contribution in [2.45, 2.75) is 19.3 Å². The Morgan fingerprint density at radius 2 is 2.14 bits per heavy atom. The van der Waals surface area contributed by atoms with Crippen molar-refractivity contribution in [1.82, 2.24) is 0 Å². The Bertz CT molecular complexity index is 772. The van der Waals surface area contributed by atoms with E-state index >= 15 is 0 Å². The van der Waals surface area contributed by atoms with Crippen molar-refractivity contribution in [3.05, 3.63) is 39.8 Å². The number of aliphatic imine (C=N–C) groups is 1. The Labute approximate surface area is 133 Å². The zero-order valence-electron chi connectivity index (χ0n) is 12.5. The lowest BCUT2D eigenvalue weighted by Crippen LogP contribution is -1.92. The lowest BCUT2D eigenvalue weighted by Gasteiger charge is -2.06. The summed E-state index contributed by atoms with van der Waals surface area (Å²) in [7, 11) is 3.25. The summed E-state index contributed by atoms with van der Waals surface area (Å²) in [4.78, 5) is 5.84. The Kier molecular flexibility index (Phi) is 4.12. The van der Waals surface area contributed by atoms with E-state index in [2.05, 4.69) is 11.1 Å². The van der Waals surface area contributed by atoms with Gasteiger partial charge >= 0.3 is 0 Å². The van der Waals surface area contributed by atoms with Crippen LogP contribution >= 0.6 is 11.3 Å². The molecule has 1 aromatic carbocycles. The minimum Gasteiger partial charge on any atom is -0.497 e. The van der Waals surface area contributed by atoms with Crippen molar-refractivity contribution in [2.24, 2.45) is 4.99 Å². The number of ether oxygens (including phenoxy) is 2. The summed E-state index contributed by atoms with van der Waals surface area (Å²) in [5.41, 5.74) is 2.76. The first-order valence-electron chi connectivity index (χ1n) is 7.07. The molecule has 0 unspecified atom stereocenters. The van der Waals surface area contributed by atoms with Gasteiger partial charge in [0.25, 0.3) is 0 Å². The molecule has 1 aliphatic carbocycles. The number of rotatable bonds is 4. The van der Waals surface area contributed by atoms with E-state index in [9.17, 15) is 5.26 Å². The van der Waals surface area contributed by atoms with Gasteiger partial charge in [0, 0.05) is 16.7 Å². The van der Waals surface area contributed by atoms with Gasteiger partial charge in [0.1, 0.15) is 22.6 Å². The molecule has 0 spiro atoms. The quantitative estimate of drug-likeness (QED) is 0.805. The van der Waals surface area contributed by atoms with Crippen molar-refractivity contribution in [1.29, 1.82) is 5.26 Å². The van der Waals surface area contributed by atoms with E-state index in [1.165, 1.54) is 10.4 Å². The third-order valence-corrected chi connectivity index (χ3v) is 4.97. The normalized spacial score (nSPS) is 13.1. The van der Waals surface area contributed by atoms with Crippen LogP contribution in [-0.2, 0) is 12.8 Å². The van der Waals surface area contributed by atoms with Crippen LogP contribution in [0.5, 0.6) is 11.5 Å². The average molecular weight is 312 g/mol. The van der Waals surface area contributed by atoms with Crippen LogP contribution in [0.4, 0.5) is 5.00 Å². The molecule has 4 nitrogen and oxygen atoms in total. The highest BCUT2D eigenvalue weighted by Crippen LogP contribution is 2.40. The summed E-state index contributed by atoms with van der Waals surface area (Å²) >= 11 is 1.62. The molecule has 0 saturated carbocycles. The molecule has 0 fully saturated rings. The van der Waals surface area contributed by atoms with Gasteiger partial charge < -0.3 is 9.47 Å². The zero-order chi connectivity index (χ0) is 15.5. The predicted octanol–water partition coefficient (Wildman–Crippen LogP) is 3.88. The van der Waals surface area contributed by atoms with Gasteiger partial charge in [-0.15, -0.1) is 11.3 Å². The molecule has 0 amide bonds. The van der Waals surface area contributed by atoms with Crippen LogP contribution in [0.3, 0.4) is 0 Å². The Morgan fingerprint density at radius 1 is 1.27 bits per heavy atom. The van der Waals surface area contributed by atoms with E-state index in [1.54, 1.807) is 31.8 Å². The minimum atomic E-state index is 0.729. The molecule has 0 atom stereocenters. The number of aryl methyl sites for hydroxylation is 1. The average Bonchev–Trinajstić information content (AvgIpc) is 3.12. The third-order valence-electron chi connectivity index (χ3n) is 3.77. The monoisotopic (exact) mass is 312 g/mol. The highest BCUT2D eigenvalue weighted by molar-refractivity contribution is 7.16. The summed E-state index contributed by atoms with van der Waals surface area (Å²) in [6.07, 6.45) is 4.94. The second-order valence-corrected chi connectivity index (χ2v) is 6.10. The number of nitrogens with zero attached hydrogens (tertiary/aromatic N) is 2. The molecule has 0 saturated heterocycles. The Morgan fingerprint density at radius 3 is 2.86 bits per heavy atom. The molecular formula is C17H16N2O2S. The van der Waals surface area contributed by atoms with E-state index in [-0.39, 0.29) is 0 Å². The van der Waals surface area contributed by atoms with Crippen molar-refractivity contribution >= 4 is 22.6 Å². The van der Waals surface area contributed by atoms with Crippen LogP contribution < -0.4 is 9.47 Å². The molecular weight excluding hydrogens is 296 g/mol. The van der Waals surface area contributed by atoms with Crippen LogP contribution in [-0.4, -0.2) is 20.4 Å². The molecule has 5 heteroatoms. The van der Waals surface area contributed by atoms with Gasteiger partial charge in [0.15, 0.2) is 0 Å². The largest absolute Gasteiger partial charge is 0.497 e. The fraction of sp³-hybridized carbons (Fsp3) is 0.294. The molecule has 1 aromatic heterocycles. The maximum Gasteiger partial charge on any atom is 0.134 e. The topological polar surface area (TPSA) is 54.6 Å². The maximum absolute atomic E-state index is 9.39. The molecule has 2 aromatic rings. The second kappa shape index (κ2) is 6.20. The second-order valence-electron chi connectivity index (χ2n) is 5.02. The van der Waals surface area contributed by atoms with Gasteiger partial charge in [-0.2, -0.15) is 5.26 Å². The third kappa shape index (κ3) is 2.58. The smallest absolute Gasteiger partial charge is 0.134 e. The molecule has 1 heterocycles. The van der Waals surface area contributed by atoms with Gasteiger partial charge in [-0.25, -0.2) is 4.99 Å². The van der Waals surface area contributed by atoms with E-state index in [4.69, 9.17) is 9.47 Å². The van der Waals surface area contributed by atoms with Crippen LogP contribution in [0.25, 0.3) is 0 Å². The summed E-state index contributed by atoms with van der Waals surface area (Å²) in [5, 5.41) is 10.2. The van der Waals surface area contributed by atoms with Gasteiger partial charge in [0.05, 0.1) is 19.8 Å². The lowest BCUT2D eigenvalue weighted by molar-refractivity contribution is 0.402. The summed E-state index contributed by atoms with van der Waals surface area (Å²) < 4.78 is 10.6. The summed E-state index contributed by atoms with van der Waals surface area (Å²) in [6.45, 7) is 0. The van der Waals surface area contributed by atoms with E-state index in [0.717, 1.165) is 46.9 Å². The van der Waals surface area contributed by atoms with Gasteiger partial charge in [-0.3, -0.25) is 0 Å². The van der Waals surface area contributed by atoms with Crippen LogP contribution in [0.15, 0.2) is 23.2 Å². The number of fused-ring (bicyclic) bond motifs is 1. The van der Waals surface area contributed by atoms with Crippen molar-refractivity contribution in [2.75, 3.05) is 14.2 Å². The molecule has 0 bridgehead atoms. The first-order valence-corrected chi connectivity index (χ1v) is 7.89. The fourth-order valence-electron chi connectivity index (χ4n) is 2.66. The summed E-state index contributed by atoms with van der Waals surface area (Å²) in [6, 6.07) is 7.87.